The first kappa shape index (κ1) is 15.8. The van der Waals surface area contributed by atoms with Crippen LogP contribution in [0.15, 0.2) is 0 Å². The first-order valence-electron chi connectivity index (χ1n) is 8.02. The maximum atomic E-state index is 12.4. The number of nitrogens with one attached hydrogen (secondary N) is 1. The minimum absolute atomic E-state index is 0.155. The molecule has 20 heavy (non-hydrogen) atoms. The summed E-state index contributed by atoms with van der Waals surface area (Å²) in [5.41, 5.74) is 0.333. The first-order chi connectivity index (χ1) is 9.37. The third-order valence-corrected chi connectivity index (χ3v) is 4.52. The van der Waals surface area contributed by atoms with Gasteiger partial charge in [0.05, 0.1) is 6.10 Å². The molecule has 2 aliphatic rings. The van der Waals surface area contributed by atoms with Crippen LogP contribution in [0.25, 0.3) is 0 Å². The molecule has 0 bridgehead atoms. The van der Waals surface area contributed by atoms with Gasteiger partial charge in [-0.15, -0.1) is 0 Å². The second-order valence-electron chi connectivity index (χ2n) is 7.39. The van der Waals surface area contributed by atoms with E-state index in [-0.39, 0.29) is 18.1 Å². The molecule has 4 heteroatoms. The van der Waals surface area contributed by atoms with Crippen LogP contribution in [-0.2, 0) is 9.53 Å². The van der Waals surface area contributed by atoms with Crippen molar-refractivity contribution in [3.8, 4) is 0 Å². The molecule has 2 rings (SSSR count). The highest BCUT2D eigenvalue weighted by molar-refractivity contribution is 5.80. The van der Waals surface area contributed by atoms with Gasteiger partial charge in [0.2, 0.25) is 0 Å². The quantitative estimate of drug-likeness (QED) is 0.861. The predicted octanol–water partition coefficient (Wildman–Crippen LogP) is 2.04. The zero-order valence-electron chi connectivity index (χ0n) is 13.4. The predicted molar refractivity (Wildman–Crippen MR) is 80.6 cm³/mol. The van der Waals surface area contributed by atoms with Gasteiger partial charge in [-0.05, 0) is 37.5 Å². The fraction of sp³-hybridized carbons (Fsp3) is 0.938. The molecule has 2 fully saturated rings. The molecular weight excluding hydrogens is 252 g/mol. The van der Waals surface area contributed by atoms with Crippen molar-refractivity contribution in [1.29, 1.82) is 0 Å². The fourth-order valence-electron chi connectivity index (χ4n) is 3.85. The van der Waals surface area contributed by atoms with Gasteiger partial charge in [-0.25, -0.2) is 0 Å². The Morgan fingerprint density at radius 3 is 2.55 bits per heavy atom. The average Bonchev–Trinajstić information content (AvgIpc) is 2.36. The highest BCUT2D eigenvalue weighted by Gasteiger charge is 2.34. The second-order valence-corrected chi connectivity index (χ2v) is 7.39. The van der Waals surface area contributed by atoms with Gasteiger partial charge in [-0.3, -0.25) is 4.79 Å². The van der Waals surface area contributed by atoms with Crippen molar-refractivity contribution >= 4 is 5.91 Å². The fourth-order valence-corrected chi connectivity index (χ4v) is 3.85. The summed E-state index contributed by atoms with van der Waals surface area (Å²) >= 11 is 0. The van der Waals surface area contributed by atoms with Crippen LogP contribution < -0.4 is 5.32 Å². The van der Waals surface area contributed by atoms with E-state index in [0.29, 0.717) is 11.3 Å². The van der Waals surface area contributed by atoms with Crippen LogP contribution in [0.2, 0.25) is 0 Å². The molecule has 0 aromatic rings. The summed E-state index contributed by atoms with van der Waals surface area (Å²) in [5.74, 6) is 0.841. The molecule has 0 aromatic carbocycles. The van der Waals surface area contributed by atoms with E-state index in [1.54, 1.807) is 0 Å². The van der Waals surface area contributed by atoms with E-state index >= 15 is 0 Å². The molecule has 1 saturated heterocycles. The van der Waals surface area contributed by atoms with E-state index in [1.165, 1.54) is 6.42 Å². The Kier molecular flexibility index (Phi) is 5.08. The minimum atomic E-state index is -0.306. The van der Waals surface area contributed by atoms with Crippen molar-refractivity contribution in [1.82, 2.24) is 10.2 Å². The molecule has 0 spiro atoms. The molecule has 1 heterocycles. The van der Waals surface area contributed by atoms with E-state index < -0.39 is 0 Å². The van der Waals surface area contributed by atoms with Crippen molar-refractivity contribution in [2.45, 2.75) is 59.2 Å². The Morgan fingerprint density at radius 1 is 1.30 bits per heavy atom. The molecule has 116 valence electrons. The van der Waals surface area contributed by atoms with E-state index in [4.69, 9.17) is 4.74 Å². The standard InChI is InChI=1S/C16H30N2O2/c1-12-9-14(11-16(3,4)10-12)20-13(2)15(19)18-7-5-17-6-8-18/h12-14,17H,5-11H2,1-4H3. The third kappa shape index (κ3) is 4.19. The van der Waals surface area contributed by atoms with Crippen LogP contribution >= 0.6 is 0 Å². The van der Waals surface area contributed by atoms with Gasteiger partial charge in [-0.1, -0.05) is 20.8 Å². The second kappa shape index (κ2) is 6.44. The molecule has 4 nitrogen and oxygen atoms in total. The molecule has 0 radical (unpaired) electrons. The van der Waals surface area contributed by atoms with E-state index in [1.807, 2.05) is 11.8 Å². The van der Waals surface area contributed by atoms with Gasteiger partial charge < -0.3 is 15.0 Å². The molecular formula is C16H30N2O2. The Hall–Kier alpha value is -0.610. The number of amides is 1. The third-order valence-electron chi connectivity index (χ3n) is 4.52. The molecule has 3 unspecified atom stereocenters. The first-order valence-corrected chi connectivity index (χ1v) is 8.02. The van der Waals surface area contributed by atoms with E-state index in [0.717, 1.165) is 39.0 Å². The van der Waals surface area contributed by atoms with Crippen LogP contribution in [0.4, 0.5) is 0 Å². The van der Waals surface area contributed by atoms with Gasteiger partial charge in [-0.2, -0.15) is 0 Å². The van der Waals surface area contributed by atoms with Crippen molar-refractivity contribution in [3.05, 3.63) is 0 Å². The summed E-state index contributed by atoms with van der Waals surface area (Å²) in [6.45, 7) is 12.2. The largest absolute Gasteiger partial charge is 0.365 e. The number of carbonyl (C=O) groups is 1. The van der Waals surface area contributed by atoms with Gasteiger partial charge in [0.1, 0.15) is 6.10 Å². The van der Waals surface area contributed by atoms with Crippen LogP contribution in [0, 0.1) is 11.3 Å². The zero-order chi connectivity index (χ0) is 14.8. The lowest BCUT2D eigenvalue weighted by atomic mass is 9.71. The molecule has 1 aliphatic heterocycles. The SMILES string of the molecule is CC1CC(OC(C)C(=O)N2CCNCC2)CC(C)(C)C1. The molecule has 1 N–H and O–H groups in total. The summed E-state index contributed by atoms with van der Waals surface area (Å²) in [4.78, 5) is 14.3. The number of carbonyl (C=O) groups excluding carboxylic acids is 1. The Balaban J connectivity index is 1.86. The highest BCUT2D eigenvalue weighted by atomic mass is 16.5. The summed E-state index contributed by atoms with van der Waals surface area (Å²) in [6, 6.07) is 0. The summed E-state index contributed by atoms with van der Waals surface area (Å²) in [5, 5.41) is 3.27. The van der Waals surface area contributed by atoms with Crippen LogP contribution in [-0.4, -0.2) is 49.2 Å². The van der Waals surface area contributed by atoms with Gasteiger partial charge in [0.25, 0.3) is 5.91 Å². The smallest absolute Gasteiger partial charge is 0.251 e. The Labute approximate surface area is 123 Å². The van der Waals surface area contributed by atoms with Crippen LogP contribution in [0.3, 0.4) is 0 Å². The Morgan fingerprint density at radius 2 is 1.95 bits per heavy atom. The normalized spacial score (nSPS) is 31.9. The maximum absolute atomic E-state index is 12.4. The monoisotopic (exact) mass is 282 g/mol. The highest BCUT2D eigenvalue weighted by Crippen LogP contribution is 2.40. The van der Waals surface area contributed by atoms with Crippen molar-refractivity contribution in [2.75, 3.05) is 26.2 Å². The number of piperazine rings is 1. The zero-order valence-corrected chi connectivity index (χ0v) is 13.4. The van der Waals surface area contributed by atoms with E-state index in [9.17, 15) is 4.79 Å². The number of ether oxygens (including phenoxy) is 1. The van der Waals surface area contributed by atoms with Crippen molar-refractivity contribution < 1.29 is 9.53 Å². The van der Waals surface area contributed by atoms with Crippen molar-refractivity contribution in [3.63, 3.8) is 0 Å². The van der Waals surface area contributed by atoms with Crippen LogP contribution in [0.5, 0.6) is 0 Å². The number of hydrogen-bond acceptors (Lipinski definition) is 3. The molecule has 1 amide bonds. The molecule has 3 atom stereocenters. The van der Waals surface area contributed by atoms with Gasteiger partial charge in [0, 0.05) is 26.2 Å². The maximum Gasteiger partial charge on any atom is 0.251 e. The topological polar surface area (TPSA) is 41.6 Å². The lowest BCUT2D eigenvalue weighted by Gasteiger charge is -2.40. The summed E-state index contributed by atoms with van der Waals surface area (Å²) in [7, 11) is 0. The number of nitrogens with zero attached hydrogens (tertiary/aromatic N) is 1. The molecule has 0 aromatic heterocycles. The number of hydrogen-bond donors (Lipinski definition) is 1. The number of rotatable bonds is 3. The van der Waals surface area contributed by atoms with Crippen molar-refractivity contribution in [2.24, 2.45) is 11.3 Å². The lowest BCUT2D eigenvalue weighted by molar-refractivity contribution is -0.150. The molecule has 1 aliphatic carbocycles. The average molecular weight is 282 g/mol. The minimum Gasteiger partial charge on any atom is -0.365 e. The van der Waals surface area contributed by atoms with Gasteiger partial charge in [0.15, 0.2) is 0 Å². The van der Waals surface area contributed by atoms with E-state index in [2.05, 4.69) is 26.1 Å². The molecule has 1 saturated carbocycles. The van der Waals surface area contributed by atoms with Gasteiger partial charge >= 0.3 is 0 Å². The lowest BCUT2D eigenvalue weighted by Crippen LogP contribution is -2.50. The summed E-state index contributed by atoms with van der Waals surface area (Å²) < 4.78 is 6.10. The van der Waals surface area contributed by atoms with Crippen LogP contribution in [0.1, 0.15) is 47.0 Å². The Bertz CT molecular complexity index is 337. The summed E-state index contributed by atoms with van der Waals surface area (Å²) in [6.07, 6.45) is 3.33.